The second-order valence-corrected chi connectivity index (χ2v) is 5.69. The Bertz CT molecular complexity index is 660. The van der Waals surface area contributed by atoms with E-state index in [2.05, 4.69) is 15.9 Å². The normalized spacial score (nSPS) is 14.8. The van der Waals surface area contributed by atoms with E-state index in [1.165, 1.54) is 6.07 Å². The largest absolute Gasteiger partial charge is 0.486 e. The van der Waals surface area contributed by atoms with Crippen molar-refractivity contribution < 1.29 is 19.0 Å². The summed E-state index contributed by atoms with van der Waals surface area (Å²) in [4.78, 5) is 0. The number of ether oxygens (including phenoxy) is 2. The Morgan fingerprint density at radius 2 is 1.95 bits per heavy atom. The van der Waals surface area contributed by atoms with Crippen molar-refractivity contribution in [3.63, 3.8) is 0 Å². The number of hydrogen-bond donors (Lipinski definition) is 1. The predicted octanol–water partition coefficient (Wildman–Crippen LogP) is 3.64. The number of fused-ring (bicyclic) bond motifs is 1. The highest BCUT2D eigenvalue weighted by Crippen LogP contribution is 2.40. The third-order valence-electron chi connectivity index (χ3n) is 3.38. The van der Waals surface area contributed by atoms with Crippen LogP contribution in [0.4, 0.5) is 4.39 Å². The predicted molar refractivity (Wildman–Crippen MR) is 80.2 cm³/mol. The zero-order valence-corrected chi connectivity index (χ0v) is 12.8. The molecular formula is C16H14BrFO3. The number of hydrogen-bond acceptors (Lipinski definition) is 3. The van der Waals surface area contributed by atoms with Gasteiger partial charge in [0.25, 0.3) is 0 Å². The van der Waals surface area contributed by atoms with Crippen molar-refractivity contribution in [2.45, 2.75) is 12.5 Å². The van der Waals surface area contributed by atoms with Crippen LogP contribution >= 0.6 is 15.9 Å². The van der Waals surface area contributed by atoms with Crippen LogP contribution in [0, 0.1) is 5.82 Å². The first-order valence-electron chi connectivity index (χ1n) is 6.65. The number of aliphatic hydroxyl groups excluding tert-OH is 1. The van der Waals surface area contributed by atoms with E-state index in [0.717, 1.165) is 4.47 Å². The van der Waals surface area contributed by atoms with Gasteiger partial charge in [0.1, 0.15) is 19.0 Å². The molecule has 1 aliphatic rings. The van der Waals surface area contributed by atoms with Crippen LogP contribution in [0.5, 0.6) is 11.5 Å². The Balaban J connectivity index is 1.86. The minimum Gasteiger partial charge on any atom is -0.486 e. The van der Waals surface area contributed by atoms with Gasteiger partial charge in [0, 0.05) is 6.42 Å². The molecule has 0 spiro atoms. The van der Waals surface area contributed by atoms with E-state index in [1.807, 2.05) is 0 Å². The van der Waals surface area contributed by atoms with Gasteiger partial charge in [-0.2, -0.15) is 0 Å². The molecule has 0 amide bonds. The Hall–Kier alpha value is -1.59. The van der Waals surface area contributed by atoms with E-state index in [1.54, 1.807) is 30.3 Å². The molecule has 0 radical (unpaired) electrons. The van der Waals surface area contributed by atoms with Gasteiger partial charge in [0.2, 0.25) is 0 Å². The Morgan fingerprint density at radius 3 is 2.76 bits per heavy atom. The van der Waals surface area contributed by atoms with Crippen molar-refractivity contribution in [2.75, 3.05) is 13.2 Å². The van der Waals surface area contributed by atoms with Gasteiger partial charge in [-0.15, -0.1) is 0 Å². The molecule has 110 valence electrons. The SMILES string of the molecule is OC(Cc1ccccc1F)c1cc(Br)c2c(c1)OCCO2. The lowest BCUT2D eigenvalue weighted by atomic mass is 10.0. The van der Waals surface area contributed by atoms with Gasteiger partial charge in [-0.05, 0) is 45.3 Å². The first-order valence-corrected chi connectivity index (χ1v) is 7.45. The van der Waals surface area contributed by atoms with Crippen LogP contribution in [0.1, 0.15) is 17.2 Å². The minimum atomic E-state index is -0.811. The maximum absolute atomic E-state index is 13.7. The van der Waals surface area contributed by atoms with Gasteiger partial charge in [-0.25, -0.2) is 4.39 Å². The molecule has 2 aromatic rings. The molecule has 5 heteroatoms. The zero-order chi connectivity index (χ0) is 14.8. The number of rotatable bonds is 3. The Morgan fingerprint density at radius 1 is 1.19 bits per heavy atom. The summed E-state index contributed by atoms with van der Waals surface area (Å²) in [6.07, 6.45) is -0.604. The maximum atomic E-state index is 13.7. The average molecular weight is 353 g/mol. The third kappa shape index (κ3) is 3.04. The molecule has 1 unspecified atom stereocenters. The molecule has 1 aliphatic heterocycles. The molecule has 3 nitrogen and oxygen atoms in total. The average Bonchev–Trinajstić information content (AvgIpc) is 2.49. The van der Waals surface area contributed by atoms with Gasteiger partial charge < -0.3 is 14.6 Å². The van der Waals surface area contributed by atoms with Crippen molar-refractivity contribution in [3.05, 3.63) is 57.8 Å². The highest BCUT2D eigenvalue weighted by molar-refractivity contribution is 9.10. The van der Waals surface area contributed by atoms with Gasteiger partial charge in [0.05, 0.1) is 10.6 Å². The summed E-state index contributed by atoms with van der Waals surface area (Å²) in [5, 5.41) is 10.3. The fraction of sp³-hybridized carbons (Fsp3) is 0.250. The molecule has 0 fully saturated rings. The van der Waals surface area contributed by atoms with Crippen molar-refractivity contribution in [3.8, 4) is 11.5 Å². The van der Waals surface area contributed by atoms with E-state index < -0.39 is 6.10 Å². The highest BCUT2D eigenvalue weighted by atomic mass is 79.9. The number of halogens is 2. The second-order valence-electron chi connectivity index (χ2n) is 4.84. The molecule has 1 heterocycles. The van der Waals surface area contributed by atoms with Crippen LogP contribution in [-0.2, 0) is 6.42 Å². The smallest absolute Gasteiger partial charge is 0.175 e. The lowest BCUT2D eigenvalue weighted by Crippen LogP contribution is -2.16. The molecule has 1 atom stereocenters. The topological polar surface area (TPSA) is 38.7 Å². The van der Waals surface area contributed by atoms with Gasteiger partial charge >= 0.3 is 0 Å². The lowest BCUT2D eigenvalue weighted by molar-refractivity contribution is 0.163. The molecular weight excluding hydrogens is 339 g/mol. The molecule has 1 N–H and O–H groups in total. The van der Waals surface area contributed by atoms with Crippen LogP contribution in [0.25, 0.3) is 0 Å². The zero-order valence-electron chi connectivity index (χ0n) is 11.2. The number of aliphatic hydroxyl groups is 1. The van der Waals surface area contributed by atoms with E-state index >= 15 is 0 Å². The minimum absolute atomic E-state index is 0.207. The van der Waals surface area contributed by atoms with Crippen LogP contribution in [0.3, 0.4) is 0 Å². The molecule has 21 heavy (non-hydrogen) atoms. The fourth-order valence-corrected chi connectivity index (χ4v) is 2.89. The first-order chi connectivity index (χ1) is 10.1. The molecule has 0 saturated carbocycles. The van der Waals surface area contributed by atoms with Crippen molar-refractivity contribution in [2.24, 2.45) is 0 Å². The quantitative estimate of drug-likeness (QED) is 0.916. The fourth-order valence-electron chi connectivity index (χ4n) is 2.31. The highest BCUT2D eigenvalue weighted by Gasteiger charge is 2.20. The summed E-state index contributed by atoms with van der Waals surface area (Å²) in [6.45, 7) is 0.981. The summed E-state index contributed by atoms with van der Waals surface area (Å²) in [5.41, 5.74) is 1.14. The van der Waals surface area contributed by atoms with E-state index in [0.29, 0.717) is 35.8 Å². The molecule has 0 aromatic heterocycles. The Kier molecular flexibility index (Phi) is 4.12. The third-order valence-corrected chi connectivity index (χ3v) is 3.96. The Labute approximate surface area is 130 Å². The molecule has 3 rings (SSSR count). The molecule has 0 saturated heterocycles. The second kappa shape index (κ2) is 6.03. The molecule has 0 aliphatic carbocycles. The van der Waals surface area contributed by atoms with Gasteiger partial charge in [-0.1, -0.05) is 18.2 Å². The monoisotopic (exact) mass is 352 g/mol. The van der Waals surface area contributed by atoms with Crippen LogP contribution in [0.15, 0.2) is 40.9 Å². The summed E-state index contributed by atoms with van der Waals surface area (Å²) in [5.74, 6) is 0.925. The van der Waals surface area contributed by atoms with Crippen molar-refractivity contribution >= 4 is 15.9 Å². The number of benzene rings is 2. The lowest BCUT2D eigenvalue weighted by Gasteiger charge is -2.21. The summed E-state index contributed by atoms with van der Waals surface area (Å²) in [7, 11) is 0. The summed E-state index contributed by atoms with van der Waals surface area (Å²) in [6, 6.07) is 9.97. The maximum Gasteiger partial charge on any atom is 0.175 e. The van der Waals surface area contributed by atoms with Crippen molar-refractivity contribution in [1.82, 2.24) is 0 Å². The van der Waals surface area contributed by atoms with E-state index in [4.69, 9.17) is 9.47 Å². The molecule has 2 aromatic carbocycles. The van der Waals surface area contributed by atoms with Crippen LogP contribution in [0.2, 0.25) is 0 Å². The van der Waals surface area contributed by atoms with Crippen LogP contribution < -0.4 is 9.47 Å². The van der Waals surface area contributed by atoms with E-state index in [9.17, 15) is 9.50 Å². The van der Waals surface area contributed by atoms with Gasteiger partial charge in [-0.3, -0.25) is 0 Å². The van der Waals surface area contributed by atoms with Crippen molar-refractivity contribution in [1.29, 1.82) is 0 Å². The first kappa shape index (κ1) is 14.4. The van der Waals surface area contributed by atoms with E-state index in [-0.39, 0.29) is 12.2 Å². The van der Waals surface area contributed by atoms with Crippen LogP contribution in [-0.4, -0.2) is 18.3 Å². The van der Waals surface area contributed by atoms with Gasteiger partial charge in [0.15, 0.2) is 11.5 Å². The summed E-state index contributed by atoms with van der Waals surface area (Å²) < 4.78 is 25.4. The molecule has 0 bridgehead atoms. The standard InChI is InChI=1S/C16H14BrFO3/c17-12-7-11(9-15-16(12)21-6-5-20-15)14(19)8-10-3-1-2-4-13(10)18/h1-4,7,9,14,19H,5-6,8H2. The summed E-state index contributed by atoms with van der Waals surface area (Å²) >= 11 is 3.41.